The zero-order valence-corrected chi connectivity index (χ0v) is 30.5. The molecule has 1 aromatic carbocycles. The van der Waals surface area contributed by atoms with E-state index in [9.17, 15) is 32.8 Å². The summed E-state index contributed by atoms with van der Waals surface area (Å²) >= 11 is 0. The van der Waals surface area contributed by atoms with E-state index in [1.807, 2.05) is 44.2 Å². The molecule has 5 amide bonds. The first-order valence-corrected chi connectivity index (χ1v) is 17.0. The molecule has 13 heteroatoms. The molecule has 1 saturated heterocycles. The zero-order chi connectivity index (χ0) is 37.1. The first kappa shape index (κ1) is 39.7. The van der Waals surface area contributed by atoms with E-state index in [0.29, 0.717) is 6.42 Å². The maximum Gasteiger partial charge on any atom is 0.329 e. The van der Waals surface area contributed by atoms with Crippen molar-refractivity contribution in [3.63, 3.8) is 0 Å². The van der Waals surface area contributed by atoms with Crippen LogP contribution < -0.4 is 21.3 Å². The highest BCUT2D eigenvalue weighted by atomic mass is 19.3. The molecule has 1 heterocycles. The standard InChI is InChI=1S/C36H55F2N5O6/c1-20(2)26(32(47)49-35(6,7)8)41-33(48)42-28(34(3,4)5)31(46)43-19-22-25(36(22,9)10)27(43)30(45)40-23(18-24(37)38)29(44)39-17-16-21-14-12-11-13-15-21/h11-15,20,22-28H,16-19H2,1-10H3,(H,39,44)(H,40,45)(H2,41,42,48)/t22?,23-,25?,26-,27-,28+/m0/s1. The number of ether oxygens (including phenoxy) is 1. The van der Waals surface area contributed by atoms with Gasteiger partial charge in [0.25, 0.3) is 0 Å². The number of hydrogen-bond acceptors (Lipinski definition) is 6. The van der Waals surface area contributed by atoms with Gasteiger partial charge in [0, 0.05) is 19.5 Å². The van der Waals surface area contributed by atoms with Gasteiger partial charge in [0.05, 0.1) is 0 Å². The van der Waals surface area contributed by atoms with E-state index >= 15 is 0 Å². The Morgan fingerprint density at radius 1 is 0.959 bits per heavy atom. The summed E-state index contributed by atoms with van der Waals surface area (Å²) in [5.74, 6) is -3.19. The predicted octanol–water partition coefficient (Wildman–Crippen LogP) is 4.05. The van der Waals surface area contributed by atoms with Crippen LogP contribution in [0.15, 0.2) is 30.3 Å². The van der Waals surface area contributed by atoms with E-state index in [2.05, 4.69) is 21.3 Å². The van der Waals surface area contributed by atoms with Crippen LogP contribution in [0.1, 0.15) is 81.2 Å². The van der Waals surface area contributed by atoms with Crippen molar-refractivity contribution in [1.82, 2.24) is 26.2 Å². The predicted molar refractivity (Wildman–Crippen MR) is 181 cm³/mol. The molecule has 11 nitrogen and oxygen atoms in total. The average Bonchev–Trinajstić information content (AvgIpc) is 3.28. The van der Waals surface area contributed by atoms with Gasteiger partial charge in [-0.15, -0.1) is 0 Å². The average molecular weight is 692 g/mol. The second kappa shape index (κ2) is 15.4. The third-order valence-electron chi connectivity index (χ3n) is 9.37. The van der Waals surface area contributed by atoms with Crippen LogP contribution in [0, 0.1) is 28.6 Å². The van der Waals surface area contributed by atoms with Gasteiger partial charge in [-0.3, -0.25) is 14.4 Å². The minimum atomic E-state index is -2.86. The minimum Gasteiger partial charge on any atom is -0.458 e. The van der Waals surface area contributed by atoms with Crippen molar-refractivity contribution >= 4 is 29.7 Å². The van der Waals surface area contributed by atoms with Crippen molar-refractivity contribution in [2.75, 3.05) is 13.1 Å². The van der Waals surface area contributed by atoms with E-state index in [4.69, 9.17) is 4.74 Å². The second-order valence-electron chi connectivity index (χ2n) is 16.3. The van der Waals surface area contributed by atoms with Gasteiger partial charge in [0.15, 0.2) is 0 Å². The summed E-state index contributed by atoms with van der Waals surface area (Å²) in [7, 11) is 0. The molecular formula is C36H55F2N5O6. The third-order valence-corrected chi connectivity index (χ3v) is 9.37. The molecule has 1 aliphatic carbocycles. The molecule has 3 rings (SSSR count). The second-order valence-corrected chi connectivity index (χ2v) is 16.3. The molecule has 1 aliphatic heterocycles. The summed E-state index contributed by atoms with van der Waals surface area (Å²) in [6.45, 7) is 18.3. The van der Waals surface area contributed by atoms with E-state index in [0.717, 1.165) is 5.56 Å². The number of halogens is 2. The molecule has 0 bridgehead atoms. The van der Waals surface area contributed by atoms with Gasteiger partial charge in [-0.2, -0.15) is 0 Å². The van der Waals surface area contributed by atoms with Crippen LogP contribution in [0.3, 0.4) is 0 Å². The molecule has 1 aromatic rings. The highest BCUT2D eigenvalue weighted by Crippen LogP contribution is 2.65. The van der Waals surface area contributed by atoms with Crippen molar-refractivity contribution in [2.24, 2.45) is 28.6 Å². The van der Waals surface area contributed by atoms with Gasteiger partial charge in [0.2, 0.25) is 24.1 Å². The Kier molecular flexibility index (Phi) is 12.5. The first-order chi connectivity index (χ1) is 22.5. The minimum absolute atomic E-state index is 0.0348. The van der Waals surface area contributed by atoms with Crippen molar-refractivity contribution < 1.29 is 37.5 Å². The van der Waals surface area contributed by atoms with Crippen LogP contribution >= 0.6 is 0 Å². The summed E-state index contributed by atoms with van der Waals surface area (Å²) in [5, 5.41) is 10.6. The van der Waals surface area contributed by atoms with Crippen molar-refractivity contribution in [3.05, 3.63) is 35.9 Å². The molecule has 2 unspecified atom stereocenters. The lowest BCUT2D eigenvalue weighted by molar-refractivity contribution is -0.158. The smallest absolute Gasteiger partial charge is 0.329 e. The normalized spacial score (nSPS) is 21.7. The summed E-state index contributed by atoms with van der Waals surface area (Å²) in [6.07, 6.45) is -3.27. The highest BCUT2D eigenvalue weighted by molar-refractivity contribution is 5.96. The number of nitrogens with one attached hydrogen (secondary N) is 4. The molecule has 6 atom stereocenters. The molecule has 0 aromatic heterocycles. The van der Waals surface area contributed by atoms with Crippen LogP contribution in [0.2, 0.25) is 0 Å². The SMILES string of the molecule is CC(C)[C@H](NC(=O)N[C@H](C(=O)N1CC2C([C@H]1C(=O)N[C@@H](CC(F)F)C(=O)NCCc1ccccc1)C2(C)C)C(C)(C)C)C(=O)OC(C)(C)C. The highest BCUT2D eigenvalue weighted by Gasteiger charge is 2.70. The molecule has 2 aliphatic rings. The molecule has 1 saturated carbocycles. The van der Waals surface area contributed by atoms with Crippen LogP contribution in [-0.2, 0) is 30.3 Å². The quantitative estimate of drug-likeness (QED) is 0.230. The van der Waals surface area contributed by atoms with Gasteiger partial charge in [-0.25, -0.2) is 18.4 Å². The Balaban J connectivity index is 1.78. The van der Waals surface area contributed by atoms with Crippen molar-refractivity contribution in [3.8, 4) is 0 Å². The maximum absolute atomic E-state index is 14.2. The Hall–Kier alpha value is -3.77. The molecular weight excluding hydrogens is 636 g/mol. The van der Waals surface area contributed by atoms with E-state index in [1.165, 1.54) is 4.90 Å². The molecule has 49 heavy (non-hydrogen) atoms. The fourth-order valence-electron chi connectivity index (χ4n) is 6.57. The fourth-order valence-corrected chi connectivity index (χ4v) is 6.57. The number of esters is 1. The van der Waals surface area contributed by atoms with E-state index in [-0.39, 0.29) is 36.3 Å². The topological polar surface area (TPSA) is 146 Å². The van der Waals surface area contributed by atoms with Crippen LogP contribution in [0.25, 0.3) is 0 Å². The van der Waals surface area contributed by atoms with E-state index in [1.54, 1.807) is 55.4 Å². The van der Waals surface area contributed by atoms with Gasteiger partial charge >= 0.3 is 12.0 Å². The summed E-state index contributed by atoms with van der Waals surface area (Å²) in [5.41, 5.74) is -0.939. The number of alkyl halides is 2. The monoisotopic (exact) mass is 691 g/mol. The van der Waals surface area contributed by atoms with Crippen LogP contribution in [-0.4, -0.2) is 83.9 Å². The molecule has 4 N–H and O–H groups in total. The molecule has 0 radical (unpaired) electrons. The van der Waals surface area contributed by atoms with E-state index < -0.39 is 77.8 Å². The summed E-state index contributed by atoms with van der Waals surface area (Å²) < 4.78 is 32.7. The summed E-state index contributed by atoms with van der Waals surface area (Å²) in [6, 6.07) is 3.94. The number of amides is 5. The lowest BCUT2D eigenvalue weighted by atomic mass is 9.85. The molecule has 0 spiro atoms. The number of carbonyl (C=O) groups excluding carboxylic acids is 5. The number of hydrogen-bond donors (Lipinski definition) is 4. The van der Waals surface area contributed by atoms with Gasteiger partial charge in [0.1, 0.15) is 29.8 Å². The fraction of sp³-hybridized carbons (Fsp3) is 0.694. The number of piperidine rings is 1. The number of rotatable bonds is 13. The maximum atomic E-state index is 14.2. The van der Waals surface area contributed by atoms with Crippen LogP contribution in [0.4, 0.5) is 13.6 Å². The third kappa shape index (κ3) is 10.4. The van der Waals surface area contributed by atoms with Crippen molar-refractivity contribution in [1.29, 1.82) is 0 Å². The number of carbonyl (C=O) groups is 5. The lowest BCUT2D eigenvalue weighted by Crippen LogP contribution is -2.62. The number of likely N-dealkylation sites (tertiary alicyclic amines) is 1. The molecule has 274 valence electrons. The Morgan fingerprint density at radius 2 is 1.57 bits per heavy atom. The zero-order valence-electron chi connectivity index (χ0n) is 30.5. The lowest BCUT2D eigenvalue weighted by Gasteiger charge is -2.38. The Morgan fingerprint density at radius 3 is 2.10 bits per heavy atom. The number of nitrogens with zero attached hydrogens (tertiary/aromatic N) is 1. The molecule has 2 fully saturated rings. The van der Waals surface area contributed by atoms with Gasteiger partial charge < -0.3 is 30.9 Å². The van der Waals surface area contributed by atoms with Crippen LogP contribution in [0.5, 0.6) is 0 Å². The Bertz CT molecular complexity index is 1360. The summed E-state index contributed by atoms with van der Waals surface area (Å²) in [4.78, 5) is 68.7. The number of benzene rings is 1. The van der Waals surface area contributed by atoms with Gasteiger partial charge in [-0.1, -0.05) is 78.8 Å². The van der Waals surface area contributed by atoms with Crippen molar-refractivity contribution in [2.45, 2.75) is 118 Å². The number of urea groups is 1. The first-order valence-electron chi connectivity index (χ1n) is 17.0. The Labute approximate surface area is 289 Å². The largest absolute Gasteiger partial charge is 0.458 e. The van der Waals surface area contributed by atoms with Gasteiger partial charge in [-0.05, 0) is 61.3 Å². The number of fused-ring (bicyclic) bond motifs is 1.